The van der Waals surface area contributed by atoms with Crippen molar-refractivity contribution in [3.63, 3.8) is 0 Å². The fourth-order valence-electron chi connectivity index (χ4n) is 6.74. The topological polar surface area (TPSA) is 178 Å². The molecule has 0 unspecified atom stereocenters. The molecule has 1 aliphatic rings. The molecule has 1 aromatic heterocycles. The lowest BCUT2D eigenvalue weighted by molar-refractivity contribution is -0.545. The van der Waals surface area contributed by atoms with Crippen LogP contribution in [0.3, 0.4) is 0 Å². The van der Waals surface area contributed by atoms with Crippen LogP contribution in [-0.4, -0.2) is 66.7 Å². The summed E-state index contributed by atoms with van der Waals surface area (Å²) in [7, 11) is -1.34. The molecule has 0 radical (unpaired) electrons. The van der Waals surface area contributed by atoms with Gasteiger partial charge in [0.25, 0.3) is 5.56 Å². The fraction of sp³-hybridized carbons (Fsp3) is 0.421. The van der Waals surface area contributed by atoms with Gasteiger partial charge in [0, 0.05) is 21.6 Å². The van der Waals surface area contributed by atoms with Crippen LogP contribution in [0.25, 0.3) is 0 Å². The van der Waals surface area contributed by atoms with Gasteiger partial charge in [-0.15, -0.1) is 0 Å². The first-order chi connectivity index (χ1) is 24.9. The van der Waals surface area contributed by atoms with Crippen LogP contribution >= 0.6 is 0 Å². The first-order valence-electron chi connectivity index (χ1n) is 17.2. The summed E-state index contributed by atoms with van der Waals surface area (Å²) in [5.41, 5.74) is -2.51. The highest BCUT2D eigenvalue weighted by Crippen LogP contribution is 2.51. The van der Waals surface area contributed by atoms with Crippen LogP contribution in [0.4, 0.5) is 0 Å². The summed E-state index contributed by atoms with van der Waals surface area (Å²) in [4.78, 5) is 52.2. The summed E-state index contributed by atoms with van der Waals surface area (Å²) in [6.45, 7) is 8.96. The average Bonchev–Trinajstić information content (AvgIpc) is 3.37. The summed E-state index contributed by atoms with van der Waals surface area (Å²) in [6.07, 6.45) is -2.85. The molecule has 1 saturated heterocycles. The van der Waals surface area contributed by atoms with Gasteiger partial charge in [-0.2, -0.15) is 0 Å². The van der Waals surface area contributed by atoms with Gasteiger partial charge >= 0.3 is 5.69 Å². The Labute approximate surface area is 308 Å². The van der Waals surface area contributed by atoms with Crippen molar-refractivity contribution in [3.05, 3.63) is 154 Å². The summed E-state index contributed by atoms with van der Waals surface area (Å²) < 4.78 is 27.1. The van der Waals surface area contributed by atoms with Crippen molar-refractivity contribution in [2.45, 2.75) is 69.9 Å². The van der Waals surface area contributed by atoms with Crippen LogP contribution in [0.1, 0.15) is 49.3 Å². The van der Waals surface area contributed by atoms with Crippen LogP contribution in [0.5, 0.6) is 5.75 Å². The van der Waals surface area contributed by atoms with Crippen LogP contribution < -0.4 is 16.0 Å². The number of rotatable bonds is 14. The first kappa shape index (κ1) is 39.2. The van der Waals surface area contributed by atoms with E-state index in [9.17, 15) is 29.8 Å². The number of hydrogen-bond acceptors (Lipinski definition) is 10. The number of H-pyrrole nitrogens is 1. The highest BCUT2D eigenvalue weighted by molar-refractivity contribution is 6.74. The SMILES string of the molecule is COc1ccc(C(OC[C@H]2O[C@@H](n3cc(C)c(=O)[nH]c3=O)[C@H](O[Si](C)(C)C(C)(C)C)C2(C[N+](=O)[O-])C[N+](=O)[O-])(c2ccccc2)c2ccccc2)cc1. The van der Waals surface area contributed by atoms with Crippen LogP contribution in [0.2, 0.25) is 18.1 Å². The van der Waals surface area contributed by atoms with Crippen molar-refractivity contribution in [2.24, 2.45) is 5.41 Å². The zero-order valence-electron chi connectivity index (χ0n) is 30.9. The molecule has 0 saturated carbocycles. The summed E-state index contributed by atoms with van der Waals surface area (Å²) in [6, 6.07) is 26.0. The van der Waals surface area contributed by atoms with E-state index in [2.05, 4.69) is 4.98 Å². The lowest BCUT2D eigenvalue weighted by atomic mass is 9.77. The summed E-state index contributed by atoms with van der Waals surface area (Å²) >= 11 is 0. The molecule has 1 fully saturated rings. The molecule has 3 aromatic carbocycles. The highest BCUT2D eigenvalue weighted by atomic mass is 28.4. The van der Waals surface area contributed by atoms with Crippen molar-refractivity contribution in [2.75, 3.05) is 26.8 Å². The predicted octanol–water partition coefficient (Wildman–Crippen LogP) is 5.69. The second-order valence-corrected chi connectivity index (χ2v) is 19.7. The van der Waals surface area contributed by atoms with E-state index in [1.54, 1.807) is 19.2 Å². The van der Waals surface area contributed by atoms with Gasteiger partial charge in [-0.1, -0.05) is 93.6 Å². The number of ether oxygens (including phenoxy) is 3. The normalized spacial score (nSPS) is 18.8. The summed E-state index contributed by atoms with van der Waals surface area (Å²) in [5, 5.41) is 24.8. The third-order valence-corrected chi connectivity index (χ3v) is 15.0. The number of hydrogen-bond donors (Lipinski definition) is 1. The monoisotopic (exact) mass is 746 g/mol. The van der Waals surface area contributed by atoms with Crippen molar-refractivity contribution < 1.29 is 28.5 Å². The van der Waals surface area contributed by atoms with Gasteiger partial charge in [0.05, 0.1) is 13.7 Å². The van der Waals surface area contributed by atoms with Gasteiger partial charge in [0.1, 0.15) is 23.6 Å². The maximum atomic E-state index is 13.4. The molecule has 0 bridgehead atoms. The standard InChI is InChI=1S/C38H46N4O10Si/c1-26-22-40(35(44)39-33(26)43)34-32(52-53(6,7)36(2,3)4)37(24-41(45)46,25-42(47)48)31(51-34)23-50-38(27-14-10-8-11-15-27,28-16-12-9-13-17-28)29-18-20-30(49-5)21-19-29/h8-22,31-32,34H,23-25H2,1-7H3,(H,39,43,44)/t31-,32+,34-/m1/s1. The van der Waals surface area contributed by atoms with Crippen LogP contribution in [-0.2, 0) is 19.5 Å². The third kappa shape index (κ3) is 7.74. The predicted molar refractivity (Wildman–Crippen MR) is 200 cm³/mol. The van der Waals surface area contributed by atoms with Crippen molar-refractivity contribution in [3.8, 4) is 5.75 Å². The molecule has 5 rings (SSSR count). The lowest BCUT2D eigenvalue weighted by Crippen LogP contribution is -2.57. The molecule has 2 heterocycles. The van der Waals surface area contributed by atoms with Crippen LogP contribution in [0.15, 0.2) is 101 Å². The number of aromatic nitrogens is 2. The minimum atomic E-state index is -2.90. The Bertz CT molecular complexity index is 1970. The van der Waals surface area contributed by atoms with Gasteiger partial charge in [-0.25, -0.2) is 4.79 Å². The number of benzene rings is 3. The van der Waals surface area contributed by atoms with Crippen LogP contribution in [0, 0.1) is 32.6 Å². The van der Waals surface area contributed by atoms with Gasteiger partial charge in [0.15, 0.2) is 20.0 Å². The Morgan fingerprint density at radius 2 is 1.38 bits per heavy atom. The molecule has 14 nitrogen and oxygen atoms in total. The number of aryl methyl sites for hydroxylation is 1. The lowest BCUT2D eigenvalue weighted by Gasteiger charge is -2.43. The second kappa shape index (κ2) is 15.2. The Kier molecular flexibility index (Phi) is 11.2. The Morgan fingerprint density at radius 3 is 1.85 bits per heavy atom. The smallest absolute Gasteiger partial charge is 0.330 e. The maximum Gasteiger partial charge on any atom is 0.330 e. The maximum absolute atomic E-state index is 13.4. The molecule has 15 heteroatoms. The fourth-order valence-corrected chi connectivity index (χ4v) is 8.08. The van der Waals surface area contributed by atoms with Crippen molar-refractivity contribution >= 4 is 8.32 Å². The Morgan fingerprint density at radius 1 is 0.868 bits per heavy atom. The van der Waals surface area contributed by atoms with E-state index in [4.69, 9.17) is 18.6 Å². The van der Waals surface area contributed by atoms with E-state index < -0.39 is 83.6 Å². The number of nitrogens with zero attached hydrogens (tertiary/aromatic N) is 3. The summed E-state index contributed by atoms with van der Waals surface area (Å²) in [5.74, 6) is 0.606. The van der Waals surface area contributed by atoms with E-state index in [1.807, 2.05) is 107 Å². The minimum Gasteiger partial charge on any atom is -0.497 e. The zero-order chi connectivity index (χ0) is 38.8. The second-order valence-electron chi connectivity index (χ2n) is 15.0. The van der Waals surface area contributed by atoms with E-state index in [0.29, 0.717) is 22.4 Å². The molecule has 4 aromatic rings. The molecular formula is C38H46N4O10Si. The third-order valence-electron chi connectivity index (χ3n) is 10.6. The molecular weight excluding hydrogens is 701 g/mol. The molecule has 0 amide bonds. The van der Waals surface area contributed by atoms with E-state index in [-0.39, 0.29) is 5.56 Å². The molecule has 53 heavy (non-hydrogen) atoms. The quantitative estimate of drug-likeness (QED) is 0.0730. The first-order valence-corrected chi connectivity index (χ1v) is 20.1. The highest BCUT2D eigenvalue weighted by Gasteiger charge is 2.66. The van der Waals surface area contributed by atoms with Gasteiger partial charge in [-0.05, 0) is 53.9 Å². The Hall–Kier alpha value is -4.96. The number of nitro groups is 2. The Balaban J connectivity index is 1.76. The van der Waals surface area contributed by atoms with Gasteiger partial charge < -0.3 is 18.6 Å². The molecule has 1 aliphatic heterocycles. The van der Waals surface area contributed by atoms with E-state index >= 15 is 0 Å². The minimum absolute atomic E-state index is 0.166. The zero-order valence-corrected chi connectivity index (χ0v) is 31.9. The van der Waals surface area contributed by atoms with E-state index in [1.165, 1.54) is 13.1 Å². The molecule has 0 spiro atoms. The van der Waals surface area contributed by atoms with E-state index in [0.717, 1.165) is 4.57 Å². The molecule has 1 N–H and O–H groups in total. The van der Waals surface area contributed by atoms with Gasteiger partial charge in [-0.3, -0.25) is 34.6 Å². The van der Waals surface area contributed by atoms with Crippen molar-refractivity contribution in [1.29, 1.82) is 0 Å². The molecule has 0 aliphatic carbocycles. The largest absolute Gasteiger partial charge is 0.497 e. The number of nitrogens with one attached hydrogen (secondary N) is 1. The van der Waals surface area contributed by atoms with Gasteiger partial charge in [0.2, 0.25) is 13.1 Å². The molecule has 282 valence electrons. The van der Waals surface area contributed by atoms with Crippen molar-refractivity contribution in [1.82, 2.24) is 9.55 Å². The number of aromatic amines is 1. The molecule has 3 atom stereocenters. The average molecular weight is 747 g/mol. The number of methoxy groups -OCH3 is 1.